The first kappa shape index (κ1) is 10.5. The molecule has 0 aromatic rings. The summed E-state index contributed by atoms with van der Waals surface area (Å²) in [5.41, 5.74) is 0. The van der Waals surface area contributed by atoms with Crippen LogP contribution in [0.15, 0.2) is 0 Å². The van der Waals surface area contributed by atoms with E-state index in [9.17, 15) is 4.79 Å². The third-order valence-corrected chi connectivity index (χ3v) is 2.68. The summed E-state index contributed by atoms with van der Waals surface area (Å²) >= 11 is 0. The fourth-order valence-electron chi connectivity index (χ4n) is 1.74. The fraction of sp³-hybridized carbons (Fsp3) is 0.889. The van der Waals surface area contributed by atoms with Crippen molar-refractivity contribution in [3.05, 3.63) is 0 Å². The Kier molecular flexibility index (Phi) is 3.69. The van der Waals surface area contributed by atoms with Crippen LogP contribution in [0.5, 0.6) is 0 Å². The van der Waals surface area contributed by atoms with Crippen LogP contribution in [0.3, 0.4) is 0 Å². The molecule has 76 valence electrons. The van der Waals surface area contributed by atoms with Gasteiger partial charge in [0.2, 0.25) is 5.91 Å². The third-order valence-electron chi connectivity index (χ3n) is 2.68. The number of aliphatic hydroxyl groups excluding tert-OH is 1. The lowest BCUT2D eigenvalue weighted by molar-refractivity contribution is -0.129. The molecule has 1 aliphatic rings. The molecule has 2 N–H and O–H groups in total. The number of carbonyl (C=O) groups excluding carboxylic acids is 1. The van der Waals surface area contributed by atoms with Crippen LogP contribution in [-0.2, 0) is 4.79 Å². The van der Waals surface area contributed by atoms with Crippen LogP contribution >= 0.6 is 0 Å². The molecule has 0 radical (unpaired) electrons. The highest BCUT2D eigenvalue weighted by Gasteiger charge is 2.31. The number of likely N-dealkylation sites (N-methyl/N-ethyl adjacent to an activating group) is 1. The highest BCUT2D eigenvalue weighted by Crippen LogP contribution is 2.21. The molecule has 1 saturated heterocycles. The molecule has 4 nitrogen and oxygen atoms in total. The van der Waals surface area contributed by atoms with Crippen LogP contribution in [0.25, 0.3) is 0 Å². The SMILES string of the molecule is CNCC(=O)N1C[C@H](CO)[C@@H](C)C1. The van der Waals surface area contributed by atoms with Gasteiger partial charge < -0.3 is 15.3 Å². The summed E-state index contributed by atoms with van der Waals surface area (Å²) in [5, 5.41) is 11.9. The minimum absolute atomic E-state index is 0.130. The molecule has 1 amide bonds. The van der Waals surface area contributed by atoms with Crippen molar-refractivity contribution in [1.82, 2.24) is 10.2 Å². The van der Waals surface area contributed by atoms with Crippen molar-refractivity contribution >= 4 is 5.91 Å². The van der Waals surface area contributed by atoms with E-state index in [4.69, 9.17) is 5.11 Å². The van der Waals surface area contributed by atoms with E-state index in [0.29, 0.717) is 19.0 Å². The number of rotatable bonds is 3. The average Bonchev–Trinajstić information content (AvgIpc) is 2.47. The highest BCUT2D eigenvalue weighted by atomic mass is 16.3. The van der Waals surface area contributed by atoms with E-state index in [-0.39, 0.29) is 18.4 Å². The zero-order chi connectivity index (χ0) is 9.84. The molecule has 1 rings (SSSR count). The van der Waals surface area contributed by atoms with Gasteiger partial charge in [-0.05, 0) is 13.0 Å². The Morgan fingerprint density at radius 2 is 2.31 bits per heavy atom. The Bertz CT molecular complexity index is 184. The first-order valence-corrected chi connectivity index (χ1v) is 4.72. The molecule has 1 fully saturated rings. The summed E-state index contributed by atoms with van der Waals surface area (Å²) in [4.78, 5) is 13.3. The number of hydrogen-bond donors (Lipinski definition) is 2. The van der Waals surface area contributed by atoms with Gasteiger partial charge in [-0.1, -0.05) is 6.92 Å². The predicted molar refractivity (Wildman–Crippen MR) is 50.2 cm³/mol. The van der Waals surface area contributed by atoms with Gasteiger partial charge in [0.15, 0.2) is 0 Å². The van der Waals surface area contributed by atoms with Crippen molar-refractivity contribution in [2.75, 3.05) is 33.3 Å². The number of nitrogens with one attached hydrogen (secondary N) is 1. The zero-order valence-electron chi connectivity index (χ0n) is 8.29. The topological polar surface area (TPSA) is 52.6 Å². The van der Waals surface area contributed by atoms with Gasteiger partial charge in [-0.15, -0.1) is 0 Å². The lowest BCUT2D eigenvalue weighted by Gasteiger charge is -2.15. The minimum Gasteiger partial charge on any atom is -0.396 e. The van der Waals surface area contributed by atoms with E-state index in [0.717, 1.165) is 6.54 Å². The second kappa shape index (κ2) is 4.58. The molecule has 13 heavy (non-hydrogen) atoms. The van der Waals surface area contributed by atoms with Gasteiger partial charge in [0.25, 0.3) is 0 Å². The van der Waals surface area contributed by atoms with Crippen molar-refractivity contribution in [1.29, 1.82) is 0 Å². The maximum absolute atomic E-state index is 11.4. The largest absolute Gasteiger partial charge is 0.396 e. The molecule has 0 aliphatic carbocycles. The van der Waals surface area contributed by atoms with Gasteiger partial charge in [-0.3, -0.25) is 4.79 Å². The molecular weight excluding hydrogens is 168 g/mol. The van der Waals surface area contributed by atoms with Gasteiger partial charge in [0.1, 0.15) is 0 Å². The summed E-state index contributed by atoms with van der Waals surface area (Å²) in [6.45, 7) is 4.15. The summed E-state index contributed by atoms with van der Waals surface area (Å²) in [7, 11) is 1.76. The normalized spacial score (nSPS) is 28.1. The standard InChI is InChI=1S/C9H18N2O2/c1-7-4-11(5-8(7)6-12)9(13)3-10-2/h7-8,10,12H,3-6H2,1-2H3/t7-,8+/m0/s1. The molecule has 1 heterocycles. The Morgan fingerprint density at radius 1 is 1.62 bits per heavy atom. The molecule has 1 aliphatic heterocycles. The first-order valence-electron chi connectivity index (χ1n) is 4.72. The molecule has 0 spiro atoms. The van der Waals surface area contributed by atoms with Crippen LogP contribution in [0.1, 0.15) is 6.92 Å². The van der Waals surface area contributed by atoms with E-state index in [2.05, 4.69) is 12.2 Å². The van der Waals surface area contributed by atoms with Crippen LogP contribution in [0.4, 0.5) is 0 Å². The zero-order valence-corrected chi connectivity index (χ0v) is 8.29. The summed E-state index contributed by atoms with van der Waals surface area (Å²) in [6, 6.07) is 0. The fourth-order valence-corrected chi connectivity index (χ4v) is 1.74. The number of likely N-dealkylation sites (tertiary alicyclic amines) is 1. The van der Waals surface area contributed by atoms with Gasteiger partial charge in [0, 0.05) is 25.6 Å². The lowest BCUT2D eigenvalue weighted by atomic mass is 10.00. The summed E-state index contributed by atoms with van der Waals surface area (Å²) < 4.78 is 0. The van der Waals surface area contributed by atoms with Gasteiger partial charge in [0.05, 0.1) is 6.54 Å². The maximum atomic E-state index is 11.4. The van der Waals surface area contributed by atoms with Crippen LogP contribution < -0.4 is 5.32 Å². The third kappa shape index (κ3) is 2.42. The van der Waals surface area contributed by atoms with Gasteiger partial charge in [-0.2, -0.15) is 0 Å². The number of carbonyl (C=O) groups is 1. The van der Waals surface area contributed by atoms with E-state index in [1.54, 1.807) is 7.05 Å². The molecule has 0 saturated carbocycles. The monoisotopic (exact) mass is 186 g/mol. The molecule has 4 heteroatoms. The molecule has 0 aromatic heterocycles. The number of nitrogens with zero attached hydrogens (tertiary/aromatic N) is 1. The first-order chi connectivity index (χ1) is 6.19. The van der Waals surface area contributed by atoms with Crippen molar-refractivity contribution in [3.63, 3.8) is 0 Å². The van der Waals surface area contributed by atoms with E-state index >= 15 is 0 Å². The van der Waals surface area contributed by atoms with Crippen molar-refractivity contribution in [2.24, 2.45) is 11.8 Å². The lowest BCUT2D eigenvalue weighted by Crippen LogP contribution is -2.35. The Labute approximate surface area is 78.9 Å². The Hall–Kier alpha value is -0.610. The smallest absolute Gasteiger partial charge is 0.236 e. The van der Waals surface area contributed by atoms with Crippen molar-refractivity contribution < 1.29 is 9.90 Å². The number of aliphatic hydroxyl groups is 1. The van der Waals surface area contributed by atoms with Gasteiger partial charge >= 0.3 is 0 Å². The molecule has 0 bridgehead atoms. The quantitative estimate of drug-likeness (QED) is 0.612. The summed E-state index contributed by atoms with van der Waals surface area (Å²) in [6.07, 6.45) is 0. The highest BCUT2D eigenvalue weighted by molar-refractivity contribution is 5.78. The average molecular weight is 186 g/mol. The second-order valence-electron chi connectivity index (χ2n) is 3.75. The van der Waals surface area contributed by atoms with E-state index in [1.807, 2.05) is 4.90 Å². The number of hydrogen-bond acceptors (Lipinski definition) is 3. The predicted octanol–water partition coefficient (Wildman–Crippen LogP) is -0.707. The number of amides is 1. The van der Waals surface area contributed by atoms with Crippen LogP contribution in [0, 0.1) is 11.8 Å². The minimum atomic E-state index is 0.130. The molecular formula is C9H18N2O2. The van der Waals surface area contributed by atoms with Crippen LogP contribution in [0.2, 0.25) is 0 Å². The van der Waals surface area contributed by atoms with Crippen molar-refractivity contribution in [3.8, 4) is 0 Å². The molecule has 0 aromatic carbocycles. The summed E-state index contributed by atoms with van der Waals surface area (Å²) in [5.74, 6) is 0.817. The van der Waals surface area contributed by atoms with Crippen LogP contribution in [-0.4, -0.2) is 49.2 Å². The maximum Gasteiger partial charge on any atom is 0.236 e. The van der Waals surface area contributed by atoms with E-state index in [1.165, 1.54) is 0 Å². The Balaban J connectivity index is 2.43. The molecule has 0 unspecified atom stereocenters. The van der Waals surface area contributed by atoms with E-state index < -0.39 is 0 Å². The molecule has 2 atom stereocenters. The van der Waals surface area contributed by atoms with Crippen molar-refractivity contribution in [2.45, 2.75) is 6.92 Å². The van der Waals surface area contributed by atoms with Gasteiger partial charge in [-0.25, -0.2) is 0 Å². The Morgan fingerprint density at radius 3 is 2.77 bits per heavy atom. The second-order valence-corrected chi connectivity index (χ2v) is 3.75.